The number of nitrogens with one attached hydrogen (secondary N) is 1. The largest absolute Gasteiger partial charge is 0.385 e. The van der Waals surface area contributed by atoms with Crippen LogP contribution in [0.2, 0.25) is 0 Å². The lowest BCUT2D eigenvalue weighted by Crippen LogP contribution is -2.02. The monoisotopic (exact) mass is 361 g/mol. The van der Waals surface area contributed by atoms with Crippen molar-refractivity contribution in [3.8, 4) is 0 Å². The highest BCUT2D eigenvalue weighted by molar-refractivity contribution is 5.49. The molecule has 0 unspecified atom stereocenters. The second kappa shape index (κ2) is 17.4. The van der Waals surface area contributed by atoms with Gasteiger partial charge in [-0.05, 0) is 37.8 Å². The highest BCUT2D eigenvalue weighted by Gasteiger charge is 1.96. The summed E-state index contributed by atoms with van der Waals surface area (Å²) in [5.74, 6) is 0. The van der Waals surface area contributed by atoms with Crippen molar-refractivity contribution in [1.29, 1.82) is 0 Å². The minimum absolute atomic E-state index is 0.971. The van der Waals surface area contributed by atoms with E-state index in [4.69, 9.17) is 4.74 Å². The van der Waals surface area contributed by atoms with Crippen molar-refractivity contribution in [1.82, 2.24) is 0 Å². The van der Waals surface area contributed by atoms with Crippen LogP contribution < -0.4 is 5.32 Å². The average Bonchev–Trinajstić information content (AvgIpc) is 2.65. The molecule has 1 aromatic rings. The molecule has 0 atom stereocenters. The van der Waals surface area contributed by atoms with Crippen LogP contribution in [0.25, 0.3) is 0 Å². The number of benzene rings is 1. The number of aryl methyl sites for hydroxylation is 1. The molecular weight excluding hydrogens is 318 g/mol. The van der Waals surface area contributed by atoms with Crippen LogP contribution in [0.5, 0.6) is 0 Å². The molecule has 0 aliphatic rings. The van der Waals surface area contributed by atoms with Crippen molar-refractivity contribution in [3.63, 3.8) is 0 Å². The number of hydrogen-bond acceptors (Lipinski definition) is 2. The van der Waals surface area contributed by atoms with E-state index in [1.807, 2.05) is 0 Å². The van der Waals surface area contributed by atoms with Gasteiger partial charge in [-0.2, -0.15) is 0 Å². The average molecular weight is 362 g/mol. The van der Waals surface area contributed by atoms with Crippen molar-refractivity contribution in [2.24, 2.45) is 0 Å². The number of para-hydroxylation sites is 1. The van der Waals surface area contributed by atoms with E-state index in [0.717, 1.165) is 19.8 Å². The van der Waals surface area contributed by atoms with Crippen molar-refractivity contribution in [3.05, 3.63) is 29.8 Å². The predicted molar refractivity (Wildman–Crippen MR) is 116 cm³/mol. The lowest BCUT2D eigenvalue weighted by atomic mass is 10.1. The third kappa shape index (κ3) is 13.2. The van der Waals surface area contributed by atoms with Crippen LogP contribution in [-0.4, -0.2) is 19.8 Å². The quantitative estimate of drug-likeness (QED) is 0.273. The maximum atomic E-state index is 5.72. The van der Waals surface area contributed by atoms with E-state index in [1.54, 1.807) is 0 Å². The Balaban J connectivity index is 1.74. The fraction of sp³-hybridized carbons (Fsp3) is 0.750. The normalized spacial score (nSPS) is 11.0. The molecule has 0 saturated carbocycles. The van der Waals surface area contributed by atoms with Gasteiger partial charge in [-0.25, -0.2) is 0 Å². The molecule has 2 nitrogen and oxygen atoms in total. The second-order valence-electron chi connectivity index (χ2n) is 7.60. The first kappa shape index (κ1) is 23.0. The third-order valence-corrected chi connectivity index (χ3v) is 5.07. The van der Waals surface area contributed by atoms with Gasteiger partial charge in [0.05, 0.1) is 0 Å². The smallest absolute Gasteiger partial charge is 0.0466 e. The van der Waals surface area contributed by atoms with E-state index < -0.39 is 0 Å². The van der Waals surface area contributed by atoms with Gasteiger partial charge in [0.15, 0.2) is 0 Å². The molecule has 0 aromatic heterocycles. The van der Waals surface area contributed by atoms with Gasteiger partial charge in [0.25, 0.3) is 0 Å². The van der Waals surface area contributed by atoms with Gasteiger partial charge in [0.1, 0.15) is 0 Å². The van der Waals surface area contributed by atoms with E-state index in [9.17, 15) is 0 Å². The fourth-order valence-corrected chi connectivity index (χ4v) is 3.29. The Labute approximate surface area is 163 Å². The Hall–Kier alpha value is -1.02. The van der Waals surface area contributed by atoms with Crippen molar-refractivity contribution >= 4 is 5.69 Å². The molecule has 0 fully saturated rings. The topological polar surface area (TPSA) is 21.3 Å². The maximum Gasteiger partial charge on any atom is 0.0466 e. The van der Waals surface area contributed by atoms with Gasteiger partial charge in [-0.15, -0.1) is 0 Å². The number of unbranched alkanes of at least 4 members (excludes halogenated alkanes) is 11. The van der Waals surface area contributed by atoms with Crippen LogP contribution in [0.3, 0.4) is 0 Å². The van der Waals surface area contributed by atoms with Gasteiger partial charge >= 0.3 is 0 Å². The Morgan fingerprint density at radius 1 is 0.692 bits per heavy atom. The zero-order chi connectivity index (χ0) is 18.7. The molecule has 0 aliphatic heterocycles. The molecule has 1 N–H and O–H groups in total. The van der Waals surface area contributed by atoms with E-state index >= 15 is 0 Å². The van der Waals surface area contributed by atoms with E-state index in [-0.39, 0.29) is 0 Å². The van der Waals surface area contributed by atoms with Crippen LogP contribution in [0.1, 0.15) is 96.0 Å². The first-order chi connectivity index (χ1) is 12.8. The van der Waals surface area contributed by atoms with E-state index in [2.05, 4.69) is 43.4 Å². The molecule has 0 saturated heterocycles. The molecule has 1 aromatic carbocycles. The highest BCUT2D eigenvalue weighted by atomic mass is 16.5. The summed E-state index contributed by atoms with van der Waals surface area (Å²) in [5, 5.41) is 3.55. The Kier molecular flexibility index (Phi) is 15.4. The number of anilines is 1. The second-order valence-corrected chi connectivity index (χ2v) is 7.60. The van der Waals surface area contributed by atoms with Crippen LogP contribution in [0.15, 0.2) is 24.3 Å². The summed E-state index contributed by atoms with van der Waals surface area (Å²) in [6.07, 6.45) is 17.4. The Bertz CT molecular complexity index is 418. The molecule has 26 heavy (non-hydrogen) atoms. The SMILES string of the molecule is CCCCCCCOCCCCCCCCCCNc1ccccc1C. The Morgan fingerprint density at radius 3 is 1.85 bits per heavy atom. The molecule has 1 rings (SSSR count). The number of ether oxygens (including phenoxy) is 1. The highest BCUT2D eigenvalue weighted by Crippen LogP contribution is 2.14. The first-order valence-corrected chi connectivity index (χ1v) is 11.2. The minimum Gasteiger partial charge on any atom is -0.385 e. The summed E-state index contributed by atoms with van der Waals surface area (Å²) in [4.78, 5) is 0. The summed E-state index contributed by atoms with van der Waals surface area (Å²) >= 11 is 0. The lowest BCUT2D eigenvalue weighted by Gasteiger charge is -2.09. The Morgan fingerprint density at radius 2 is 1.23 bits per heavy atom. The third-order valence-electron chi connectivity index (χ3n) is 5.07. The maximum absolute atomic E-state index is 5.72. The summed E-state index contributed by atoms with van der Waals surface area (Å²) in [6, 6.07) is 8.54. The van der Waals surface area contributed by atoms with Crippen molar-refractivity contribution in [2.45, 2.75) is 97.3 Å². The molecule has 0 spiro atoms. The zero-order valence-corrected chi connectivity index (χ0v) is 17.5. The van der Waals surface area contributed by atoms with Gasteiger partial charge < -0.3 is 10.1 Å². The van der Waals surface area contributed by atoms with Crippen LogP contribution >= 0.6 is 0 Å². The molecule has 2 heteroatoms. The number of hydrogen-bond donors (Lipinski definition) is 1. The predicted octanol–water partition coefficient (Wildman–Crippen LogP) is 7.51. The van der Waals surface area contributed by atoms with Gasteiger partial charge in [-0.1, -0.05) is 89.3 Å². The summed E-state index contributed by atoms with van der Waals surface area (Å²) in [7, 11) is 0. The molecule has 0 heterocycles. The molecule has 0 radical (unpaired) electrons. The minimum atomic E-state index is 0.971. The summed E-state index contributed by atoms with van der Waals surface area (Å²) in [5.41, 5.74) is 2.63. The van der Waals surface area contributed by atoms with Gasteiger partial charge in [0, 0.05) is 25.4 Å². The summed E-state index contributed by atoms with van der Waals surface area (Å²) < 4.78 is 5.72. The van der Waals surface area contributed by atoms with Crippen molar-refractivity contribution < 1.29 is 4.74 Å². The van der Waals surface area contributed by atoms with Crippen LogP contribution in [0.4, 0.5) is 5.69 Å². The molecule has 0 bridgehead atoms. The van der Waals surface area contributed by atoms with Gasteiger partial charge in [-0.3, -0.25) is 0 Å². The fourth-order valence-electron chi connectivity index (χ4n) is 3.29. The van der Waals surface area contributed by atoms with E-state index in [0.29, 0.717) is 0 Å². The van der Waals surface area contributed by atoms with Gasteiger partial charge in [0.2, 0.25) is 0 Å². The van der Waals surface area contributed by atoms with Crippen LogP contribution in [-0.2, 0) is 4.74 Å². The first-order valence-electron chi connectivity index (χ1n) is 11.2. The van der Waals surface area contributed by atoms with Crippen molar-refractivity contribution in [2.75, 3.05) is 25.1 Å². The molecule has 150 valence electrons. The molecule has 0 aliphatic carbocycles. The zero-order valence-electron chi connectivity index (χ0n) is 17.5. The molecular formula is C24H43NO. The number of rotatable bonds is 18. The van der Waals surface area contributed by atoms with E-state index in [1.165, 1.54) is 94.7 Å². The lowest BCUT2D eigenvalue weighted by molar-refractivity contribution is 0.125. The summed E-state index contributed by atoms with van der Waals surface area (Å²) in [6.45, 7) is 7.47. The standard InChI is InChI=1S/C24H43NO/c1-3-4-5-11-16-21-26-22-17-12-9-7-6-8-10-15-20-25-24-19-14-13-18-23(24)2/h13-14,18-19,25H,3-12,15-17,20-22H2,1-2H3. The van der Waals surface area contributed by atoms with Crippen LogP contribution in [0, 0.1) is 6.92 Å². The molecule has 0 amide bonds.